The molecule has 5 nitrogen and oxygen atoms in total. The number of hydrogen-bond acceptors (Lipinski definition) is 2. The number of aromatic nitrogens is 4. The number of benzene rings is 5. The Kier molecular flexibility index (Phi) is 6.44. The fourth-order valence-electron chi connectivity index (χ4n) is 5.28. The molecule has 41 heavy (non-hydrogen) atoms. The van der Waals surface area contributed by atoms with Crippen LogP contribution in [0.4, 0.5) is 17.1 Å². The Balaban J connectivity index is 1.33. The van der Waals surface area contributed by atoms with E-state index < -0.39 is 0 Å². The Morgan fingerprint density at radius 1 is 0.610 bits per heavy atom. The number of anilines is 3. The Hall–Kier alpha value is -5.68. The smallest absolute Gasteiger partial charge is 0.291 e. The van der Waals surface area contributed by atoms with Gasteiger partial charge >= 0.3 is 0 Å². The molecule has 0 saturated carbocycles. The summed E-state index contributed by atoms with van der Waals surface area (Å²) in [5, 5.41) is 0. The Bertz CT molecular complexity index is 1770. The summed E-state index contributed by atoms with van der Waals surface area (Å²) in [4.78, 5) is 10.5. The van der Waals surface area contributed by atoms with Crippen LogP contribution in [0.3, 0.4) is 0 Å². The molecule has 0 bridgehead atoms. The second-order valence-corrected chi connectivity index (χ2v) is 9.74. The molecular weight excluding hydrogens is 502 g/mol. The quantitative estimate of drug-likeness (QED) is 0.211. The molecule has 0 saturated heterocycles. The van der Waals surface area contributed by atoms with Crippen LogP contribution in [0.25, 0.3) is 34.2 Å². The third-order valence-corrected chi connectivity index (χ3v) is 7.15. The van der Waals surface area contributed by atoms with Crippen LogP contribution in [0, 0.1) is 0 Å². The zero-order valence-electron chi connectivity index (χ0n) is 22.4. The maximum Gasteiger partial charge on any atom is 0.291 e. The van der Waals surface area contributed by atoms with Gasteiger partial charge in [0.05, 0.1) is 5.56 Å². The summed E-state index contributed by atoms with van der Waals surface area (Å²) >= 11 is 0. The number of para-hydroxylation sites is 3. The van der Waals surface area contributed by atoms with Crippen LogP contribution < -0.4 is 9.47 Å². The van der Waals surface area contributed by atoms with Gasteiger partial charge in [0.25, 0.3) is 5.82 Å². The van der Waals surface area contributed by atoms with E-state index in [1.165, 1.54) is 0 Å². The molecule has 0 amide bonds. The molecule has 0 spiro atoms. The molecule has 7 aromatic rings. The van der Waals surface area contributed by atoms with Crippen LogP contribution in [0.5, 0.6) is 0 Å². The molecule has 0 atom stereocenters. The average Bonchev–Trinajstić information content (AvgIpc) is 3.74. The third kappa shape index (κ3) is 4.81. The molecule has 2 aromatic heterocycles. The summed E-state index contributed by atoms with van der Waals surface area (Å²) in [5.41, 5.74) is 7.51. The summed E-state index contributed by atoms with van der Waals surface area (Å²) in [7, 11) is 0. The summed E-state index contributed by atoms with van der Waals surface area (Å²) in [6.45, 7) is 0. The highest BCUT2D eigenvalue weighted by Gasteiger charge is 2.19. The molecule has 0 unspecified atom stereocenters. The van der Waals surface area contributed by atoms with Crippen molar-refractivity contribution in [3.63, 3.8) is 0 Å². The first-order valence-electron chi connectivity index (χ1n) is 13.6. The number of imidazole rings is 2. The third-order valence-electron chi connectivity index (χ3n) is 7.15. The minimum absolute atomic E-state index is 0.898. The van der Waals surface area contributed by atoms with E-state index in [4.69, 9.17) is 4.98 Å². The highest BCUT2D eigenvalue weighted by atomic mass is 15.1. The van der Waals surface area contributed by atoms with Crippen molar-refractivity contribution in [3.8, 4) is 34.2 Å². The van der Waals surface area contributed by atoms with Crippen molar-refractivity contribution in [2.45, 2.75) is 0 Å². The lowest BCUT2D eigenvalue weighted by Crippen LogP contribution is -2.30. The van der Waals surface area contributed by atoms with E-state index in [2.05, 4.69) is 134 Å². The molecular formula is C36H28N5+. The summed E-state index contributed by atoms with van der Waals surface area (Å²) in [6.07, 6.45) is 7.90. The molecule has 7 rings (SSSR count). The van der Waals surface area contributed by atoms with E-state index in [9.17, 15) is 0 Å². The second-order valence-electron chi connectivity index (χ2n) is 9.74. The lowest BCUT2D eigenvalue weighted by atomic mass is 10.1. The van der Waals surface area contributed by atoms with E-state index in [1.54, 1.807) is 0 Å². The van der Waals surface area contributed by atoms with Gasteiger partial charge in [0, 0.05) is 40.7 Å². The topological polar surface area (TPSA) is 40.7 Å². The van der Waals surface area contributed by atoms with Crippen molar-refractivity contribution < 1.29 is 4.57 Å². The van der Waals surface area contributed by atoms with Crippen molar-refractivity contribution in [2.75, 3.05) is 4.90 Å². The van der Waals surface area contributed by atoms with Crippen LogP contribution in [0.2, 0.25) is 0 Å². The number of hydrogen-bond donors (Lipinski definition) is 1. The fraction of sp³-hybridized carbons (Fsp3) is 0. The zero-order valence-corrected chi connectivity index (χ0v) is 22.4. The van der Waals surface area contributed by atoms with Gasteiger partial charge in [-0.15, -0.1) is 0 Å². The van der Waals surface area contributed by atoms with Gasteiger partial charge < -0.3 is 4.90 Å². The van der Waals surface area contributed by atoms with Crippen molar-refractivity contribution in [1.29, 1.82) is 0 Å². The second kappa shape index (κ2) is 10.8. The molecule has 0 aliphatic rings. The normalized spacial score (nSPS) is 10.9. The van der Waals surface area contributed by atoms with Gasteiger partial charge in [-0.25, -0.2) is 9.97 Å². The van der Waals surface area contributed by atoms with Crippen LogP contribution >= 0.6 is 0 Å². The van der Waals surface area contributed by atoms with Crippen LogP contribution in [-0.4, -0.2) is 14.5 Å². The number of nitrogens with zero attached hydrogens (tertiary/aromatic N) is 4. The lowest BCUT2D eigenvalue weighted by molar-refractivity contribution is -0.582. The minimum Gasteiger partial charge on any atom is -0.310 e. The largest absolute Gasteiger partial charge is 0.310 e. The number of aromatic amines is 1. The zero-order chi connectivity index (χ0) is 27.4. The van der Waals surface area contributed by atoms with Gasteiger partial charge in [-0.3, -0.25) is 4.57 Å². The Morgan fingerprint density at radius 3 is 1.95 bits per heavy atom. The van der Waals surface area contributed by atoms with Crippen molar-refractivity contribution in [2.24, 2.45) is 0 Å². The highest BCUT2D eigenvalue weighted by Crippen LogP contribution is 2.37. The molecule has 0 aliphatic heterocycles. The standard InChI is InChI=1S/C36H27N5/c1-4-14-30(15-5-1)39-24-22-37-35(39)28-12-10-20-33(26-28)41(32-18-8-3-9-19-32)34-21-11-13-29(27-34)36-38-23-25-40(36)31-16-6-2-7-17-31/h1-27H/p+1. The molecule has 2 heterocycles. The molecule has 5 aromatic carbocycles. The maximum atomic E-state index is 4.73. The minimum atomic E-state index is 0.898. The molecule has 0 fully saturated rings. The van der Waals surface area contributed by atoms with E-state index in [1.807, 2.05) is 48.9 Å². The molecule has 0 radical (unpaired) electrons. The molecule has 0 aliphatic carbocycles. The molecule has 5 heteroatoms. The van der Waals surface area contributed by atoms with Gasteiger partial charge in [-0.2, -0.15) is 4.57 Å². The van der Waals surface area contributed by atoms with E-state index in [0.29, 0.717) is 0 Å². The monoisotopic (exact) mass is 530 g/mol. The summed E-state index contributed by atoms with van der Waals surface area (Å²) in [5.74, 6) is 1.92. The average molecular weight is 531 g/mol. The molecule has 1 N–H and O–H groups in total. The predicted molar refractivity (Wildman–Crippen MR) is 165 cm³/mol. The number of H-pyrrole nitrogens is 1. The van der Waals surface area contributed by atoms with Crippen LogP contribution in [0.1, 0.15) is 0 Å². The lowest BCUT2D eigenvalue weighted by Gasteiger charge is -2.26. The fourth-order valence-corrected chi connectivity index (χ4v) is 5.28. The summed E-state index contributed by atoms with van der Waals surface area (Å²) in [6, 6.07) is 48.4. The van der Waals surface area contributed by atoms with E-state index in [0.717, 1.165) is 51.2 Å². The van der Waals surface area contributed by atoms with Crippen molar-refractivity contribution in [3.05, 3.63) is 164 Å². The predicted octanol–water partition coefficient (Wildman–Crippen LogP) is 8.28. The van der Waals surface area contributed by atoms with Crippen molar-refractivity contribution in [1.82, 2.24) is 14.5 Å². The van der Waals surface area contributed by atoms with E-state index >= 15 is 0 Å². The van der Waals surface area contributed by atoms with Gasteiger partial charge in [0.1, 0.15) is 23.9 Å². The SMILES string of the molecule is c1ccc(N(c2cccc(-c3nccn3-c3ccccc3)c2)c2cccc(-c3[nH]cc[n+]3-c3ccccc3)c2)cc1. The van der Waals surface area contributed by atoms with Crippen LogP contribution in [-0.2, 0) is 0 Å². The number of nitrogens with one attached hydrogen (secondary N) is 1. The van der Waals surface area contributed by atoms with Gasteiger partial charge in [-0.05, 0) is 66.7 Å². The van der Waals surface area contributed by atoms with Crippen LogP contribution in [0.15, 0.2) is 164 Å². The first kappa shape index (κ1) is 24.4. The highest BCUT2D eigenvalue weighted by molar-refractivity contribution is 5.80. The van der Waals surface area contributed by atoms with Gasteiger partial charge in [0.15, 0.2) is 0 Å². The maximum absolute atomic E-state index is 4.73. The Labute approximate surface area is 239 Å². The van der Waals surface area contributed by atoms with Crippen molar-refractivity contribution >= 4 is 17.1 Å². The first-order valence-corrected chi connectivity index (χ1v) is 13.6. The van der Waals surface area contributed by atoms with Gasteiger partial charge in [-0.1, -0.05) is 72.8 Å². The first-order chi connectivity index (χ1) is 20.3. The van der Waals surface area contributed by atoms with E-state index in [-0.39, 0.29) is 0 Å². The Morgan fingerprint density at radius 2 is 1.22 bits per heavy atom. The summed E-state index contributed by atoms with van der Waals surface area (Å²) < 4.78 is 4.30. The number of rotatable bonds is 7. The molecule has 196 valence electrons. The van der Waals surface area contributed by atoms with Gasteiger partial charge in [0.2, 0.25) is 0 Å².